The molecular formula is C18H24N6O. The first kappa shape index (κ1) is 17.2. The van der Waals surface area contributed by atoms with E-state index in [4.69, 9.17) is 11.5 Å². The van der Waals surface area contributed by atoms with Gasteiger partial charge in [-0.25, -0.2) is 4.98 Å². The number of aromatic nitrogens is 2. The summed E-state index contributed by atoms with van der Waals surface area (Å²) in [5.74, 6) is 0.288. The van der Waals surface area contributed by atoms with Gasteiger partial charge in [0.05, 0.1) is 0 Å². The van der Waals surface area contributed by atoms with Gasteiger partial charge in [0.15, 0.2) is 0 Å². The van der Waals surface area contributed by atoms with Gasteiger partial charge in [0.1, 0.15) is 11.4 Å². The smallest absolute Gasteiger partial charge is 0.254 e. The quantitative estimate of drug-likeness (QED) is 0.548. The zero-order chi connectivity index (χ0) is 17.9. The standard InChI is InChI=1S/C18H24N6O/c1-12-4-2-5-13(10-12)23-16-14(15(19)25)11-22-17(24-16)21-9-3-6-18(20)7-8-18/h2,4-5,10-11H,3,6-9,20H2,1H3,(H2,19,25)(H2,21,22,23,24). The molecule has 0 radical (unpaired) electrons. The van der Waals surface area contributed by atoms with Crippen molar-refractivity contribution in [3.63, 3.8) is 0 Å². The molecule has 1 aliphatic carbocycles. The number of nitrogens with one attached hydrogen (secondary N) is 2. The number of aryl methyl sites for hydroxylation is 1. The normalized spacial score (nSPS) is 14.8. The third-order valence-electron chi connectivity index (χ3n) is 4.36. The second-order valence-corrected chi connectivity index (χ2v) is 6.71. The van der Waals surface area contributed by atoms with Gasteiger partial charge in [-0.05, 0) is 50.3 Å². The Morgan fingerprint density at radius 1 is 1.36 bits per heavy atom. The predicted octanol–water partition coefficient (Wildman–Crippen LogP) is 2.31. The van der Waals surface area contributed by atoms with Crippen LogP contribution in [0.1, 0.15) is 41.6 Å². The third-order valence-corrected chi connectivity index (χ3v) is 4.36. The molecule has 0 aliphatic heterocycles. The summed E-state index contributed by atoms with van der Waals surface area (Å²) in [6, 6.07) is 7.80. The minimum Gasteiger partial charge on any atom is -0.365 e. The van der Waals surface area contributed by atoms with E-state index < -0.39 is 5.91 Å². The number of carbonyl (C=O) groups excluding carboxylic acids is 1. The minimum absolute atomic E-state index is 0.0518. The van der Waals surface area contributed by atoms with Crippen molar-refractivity contribution in [2.24, 2.45) is 11.5 Å². The van der Waals surface area contributed by atoms with Crippen LogP contribution < -0.4 is 22.1 Å². The number of benzene rings is 1. The summed E-state index contributed by atoms with van der Waals surface area (Å²) in [5.41, 5.74) is 13.8. The molecule has 1 amide bonds. The SMILES string of the molecule is Cc1cccc(Nc2nc(NCCCC3(N)CC3)ncc2C(N)=O)c1. The fourth-order valence-corrected chi connectivity index (χ4v) is 2.65. The van der Waals surface area contributed by atoms with E-state index in [1.807, 2.05) is 31.2 Å². The second-order valence-electron chi connectivity index (χ2n) is 6.71. The van der Waals surface area contributed by atoms with Gasteiger partial charge in [0.2, 0.25) is 5.95 Å². The molecule has 0 unspecified atom stereocenters. The van der Waals surface area contributed by atoms with Crippen molar-refractivity contribution in [3.8, 4) is 0 Å². The Kier molecular flexibility index (Phi) is 4.85. The lowest BCUT2D eigenvalue weighted by Gasteiger charge is -2.12. The molecule has 1 aromatic carbocycles. The topological polar surface area (TPSA) is 119 Å². The van der Waals surface area contributed by atoms with Crippen LogP contribution in [0.15, 0.2) is 30.5 Å². The first-order valence-corrected chi connectivity index (χ1v) is 8.48. The molecule has 3 rings (SSSR count). The summed E-state index contributed by atoms with van der Waals surface area (Å²) < 4.78 is 0. The van der Waals surface area contributed by atoms with Crippen molar-refractivity contribution in [2.75, 3.05) is 17.2 Å². The molecule has 132 valence electrons. The van der Waals surface area contributed by atoms with Crippen molar-refractivity contribution in [1.29, 1.82) is 0 Å². The lowest BCUT2D eigenvalue weighted by Crippen LogP contribution is -2.22. The molecule has 0 bridgehead atoms. The number of anilines is 3. The van der Waals surface area contributed by atoms with Crippen molar-refractivity contribution < 1.29 is 4.79 Å². The Labute approximate surface area is 147 Å². The van der Waals surface area contributed by atoms with Crippen LogP contribution in [-0.4, -0.2) is 28.0 Å². The lowest BCUT2D eigenvalue weighted by molar-refractivity contribution is 0.100. The largest absolute Gasteiger partial charge is 0.365 e. The maximum Gasteiger partial charge on any atom is 0.254 e. The molecule has 2 aromatic rings. The van der Waals surface area contributed by atoms with E-state index in [-0.39, 0.29) is 11.1 Å². The molecule has 1 saturated carbocycles. The highest BCUT2D eigenvalue weighted by Gasteiger charge is 2.36. The van der Waals surface area contributed by atoms with Crippen molar-refractivity contribution >= 4 is 23.4 Å². The number of carbonyl (C=O) groups is 1. The Morgan fingerprint density at radius 3 is 2.84 bits per heavy atom. The van der Waals surface area contributed by atoms with Gasteiger partial charge in [-0.15, -0.1) is 0 Å². The number of rotatable bonds is 8. The van der Waals surface area contributed by atoms with Crippen LogP contribution >= 0.6 is 0 Å². The molecule has 1 aliphatic rings. The fraction of sp³-hybridized carbons (Fsp3) is 0.389. The molecule has 7 nitrogen and oxygen atoms in total. The van der Waals surface area contributed by atoms with E-state index in [1.165, 1.54) is 6.20 Å². The lowest BCUT2D eigenvalue weighted by atomic mass is 10.1. The maximum absolute atomic E-state index is 11.6. The monoisotopic (exact) mass is 340 g/mol. The van der Waals surface area contributed by atoms with Crippen molar-refractivity contribution in [2.45, 2.75) is 38.1 Å². The highest BCUT2D eigenvalue weighted by atomic mass is 16.1. The van der Waals surface area contributed by atoms with Gasteiger partial charge in [-0.1, -0.05) is 12.1 Å². The Hall–Kier alpha value is -2.67. The van der Waals surface area contributed by atoms with Gasteiger partial charge in [0.25, 0.3) is 5.91 Å². The summed E-state index contributed by atoms with van der Waals surface area (Å²) in [5, 5.41) is 6.33. The van der Waals surface area contributed by atoms with Crippen LogP contribution in [0.5, 0.6) is 0 Å². The molecule has 25 heavy (non-hydrogen) atoms. The average Bonchev–Trinajstić information content (AvgIpc) is 3.29. The fourth-order valence-electron chi connectivity index (χ4n) is 2.65. The summed E-state index contributed by atoms with van der Waals surface area (Å²) in [6.45, 7) is 2.73. The molecule has 6 N–H and O–H groups in total. The Balaban J connectivity index is 1.69. The average molecular weight is 340 g/mol. The van der Waals surface area contributed by atoms with E-state index in [0.717, 1.165) is 43.5 Å². The summed E-state index contributed by atoms with van der Waals surface area (Å²) in [4.78, 5) is 20.2. The molecular weight excluding hydrogens is 316 g/mol. The molecule has 1 fully saturated rings. The molecule has 0 spiro atoms. The van der Waals surface area contributed by atoms with E-state index in [2.05, 4.69) is 20.6 Å². The molecule has 0 saturated heterocycles. The van der Waals surface area contributed by atoms with E-state index in [9.17, 15) is 4.79 Å². The highest BCUT2D eigenvalue weighted by molar-refractivity contribution is 5.98. The van der Waals surface area contributed by atoms with Crippen LogP contribution in [0.25, 0.3) is 0 Å². The van der Waals surface area contributed by atoms with Crippen LogP contribution in [0.3, 0.4) is 0 Å². The van der Waals surface area contributed by atoms with Crippen molar-refractivity contribution in [3.05, 3.63) is 41.6 Å². The Morgan fingerprint density at radius 2 is 2.16 bits per heavy atom. The van der Waals surface area contributed by atoms with Crippen LogP contribution in [0.4, 0.5) is 17.5 Å². The molecule has 1 heterocycles. The Bertz CT molecular complexity index is 772. The maximum atomic E-state index is 11.6. The number of amides is 1. The zero-order valence-electron chi connectivity index (χ0n) is 14.4. The van der Waals surface area contributed by atoms with E-state index in [0.29, 0.717) is 11.8 Å². The van der Waals surface area contributed by atoms with Gasteiger partial charge in [0, 0.05) is 24.0 Å². The number of nitrogens with zero attached hydrogens (tertiary/aromatic N) is 2. The van der Waals surface area contributed by atoms with Crippen molar-refractivity contribution in [1.82, 2.24) is 9.97 Å². The zero-order valence-corrected chi connectivity index (χ0v) is 14.4. The molecule has 1 aromatic heterocycles. The van der Waals surface area contributed by atoms with Crippen LogP contribution in [-0.2, 0) is 0 Å². The first-order valence-electron chi connectivity index (χ1n) is 8.48. The predicted molar refractivity (Wildman–Crippen MR) is 98.9 cm³/mol. The number of primary amides is 1. The third kappa shape index (κ3) is 4.67. The summed E-state index contributed by atoms with van der Waals surface area (Å²) >= 11 is 0. The molecule has 0 atom stereocenters. The van der Waals surface area contributed by atoms with Gasteiger partial charge in [-0.3, -0.25) is 4.79 Å². The minimum atomic E-state index is -0.569. The second kappa shape index (κ2) is 7.06. The van der Waals surface area contributed by atoms with E-state index >= 15 is 0 Å². The van der Waals surface area contributed by atoms with Gasteiger partial charge >= 0.3 is 0 Å². The van der Waals surface area contributed by atoms with Gasteiger partial charge in [-0.2, -0.15) is 4.98 Å². The summed E-state index contributed by atoms with van der Waals surface area (Å²) in [6.07, 6.45) is 5.62. The number of hydrogen-bond donors (Lipinski definition) is 4. The van der Waals surface area contributed by atoms with Crippen LogP contribution in [0, 0.1) is 6.92 Å². The van der Waals surface area contributed by atoms with E-state index in [1.54, 1.807) is 0 Å². The number of nitrogens with two attached hydrogens (primary N) is 2. The molecule has 7 heteroatoms. The first-order chi connectivity index (χ1) is 12.0. The summed E-state index contributed by atoms with van der Waals surface area (Å²) in [7, 11) is 0. The van der Waals surface area contributed by atoms with Gasteiger partial charge < -0.3 is 22.1 Å². The van der Waals surface area contributed by atoms with Crippen LogP contribution in [0.2, 0.25) is 0 Å². The highest BCUT2D eigenvalue weighted by Crippen LogP contribution is 2.36. The number of hydrogen-bond acceptors (Lipinski definition) is 6.